The van der Waals surface area contributed by atoms with Crippen molar-refractivity contribution in [3.05, 3.63) is 17.8 Å². The number of aromatic nitrogens is 2. The van der Waals surface area contributed by atoms with Gasteiger partial charge in [0, 0.05) is 33.6 Å². The zero-order valence-electron chi connectivity index (χ0n) is 11.5. The molecule has 0 spiro atoms. The number of nitrogens with two attached hydrogens (primary N) is 1. The summed E-state index contributed by atoms with van der Waals surface area (Å²) in [5.74, 6) is 0.555. The summed E-state index contributed by atoms with van der Waals surface area (Å²) in [6.07, 6.45) is 0.628. The van der Waals surface area contributed by atoms with E-state index < -0.39 is 0 Å². The molecule has 0 bridgehead atoms. The second-order valence-corrected chi connectivity index (χ2v) is 4.80. The molecule has 0 fully saturated rings. The van der Waals surface area contributed by atoms with E-state index in [2.05, 4.69) is 10.2 Å². The smallest absolute Gasteiger partial charge is 0.273 e. The lowest BCUT2D eigenvalue weighted by molar-refractivity contribution is 0.0821. The molecular formula is C12H19N5OS. The van der Waals surface area contributed by atoms with E-state index in [-0.39, 0.29) is 5.91 Å². The Kier molecular flexibility index (Phi) is 5.62. The van der Waals surface area contributed by atoms with Gasteiger partial charge in [0.25, 0.3) is 5.91 Å². The van der Waals surface area contributed by atoms with Crippen LogP contribution in [0.25, 0.3) is 0 Å². The number of carbonyl (C=O) groups excluding carboxylic acids is 1. The van der Waals surface area contributed by atoms with Crippen molar-refractivity contribution >= 4 is 28.9 Å². The lowest BCUT2D eigenvalue weighted by Gasteiger charge is -2.21. The number of hydrogen-bond donors (Lipinski definition) is 1. The fraction of sp³-hybridized carbons (Fsp3) is 0.500. The summed E-state index contributed by atoms with van der Waals surface area (Å²) in [5, 5.41) is 8.02. The molecule has 1 aromatic heterocycles. The van der Waals surface area contributed by atoms with Crippen molar-refractivity contribution in [3.8, 4) is 0 Å². The highest BCUT2D eigenvalue weighted by molar-refractivity contribution is 7.80. The van der Waals surface area contributed by atoms with Crippen molar-refractivity contribution < 1.29 is 4.79 Å². The molecule has 0 unspecified atom stereocenters. The van der Waals surface area contributed by atoms with Crippen LogP contribution in [0.3, 0.4) is 0 Å². The molecular weight excluding hydrogens is 262 g/mol. The molecule has 2 N–H and O–H groups in total. The summed E-state index contributed by atoms with van der Waals surface area (Å²) in [6, 6.07) is 3.46. The van der Waals surface area contributed by atoms with Gasteiger partial charge in [0.15, 0.2) is 11.5 Å². The molecule has 7 heteroatoms. The van der Waals surface area contributed by atoms with E-state index in [4.69, 9.17) is 18.0 Å². The Bertz CT molecular complexity index is 446. The van der Waals surface area contributed by atoms with Gasteiger partial charge >= 0.3 is 0 Å². The Morgan fingerprint density at radius 2 is 2.05 bits per heavy atom. The molecule has 0 aromatic carbocycles. The van der Waals surface area contributed by atoms with E-state index in [1.165, 1.54) is 4.90 Å². The largest absolute Gasteiger partial charge is 0.393 e. The van der Waals surface area contributed by atoms with Crippen LogP contribution in [0.1, 0.15) is 23.8 Å². The first-order valence-corrected chi connectivity index (χ1v) is 6.45. The van der Waals surface area contributed by atoms with Gasteiger partial charge in [-0.05, 0) is 19.1 Å². The van der Waals surface area contributed by atoms with Gasteiger partial charge in [0.1, 0.15) is 0 Å². The molecule has 19 heavy (non-hydrogen) atoms. The van der Waals surface area contributed by atoms with Crippen molar-refractivity contribution in [1.29, 1.82) is 0 Å². The topological polar surface area (TPSA) is 75.3 Å². The highest BCUT2D eigenvalue weighted by Crippen LogP contribution is 2.10. The van der Waals surface area contributed by atoms with E-state index in [0.717, 1.165) is 6.54 Å². The summed E-state index contributed by atoms with van der Waals surface area (Å²) in [7, 11) is 3.36. The Morgan fingerprint density at radius 1 is 1.37 bits per heavy atom. The van der Waals surface area contributed by atoms with Crippen LogP contribution in [0.4, 0.5) is 5.82 Å². The summed E-state index contributed by atoms with van der Waals surface area (Å²) in [5.41, 5.74) is 5.82. The summed E-state index contributed by atoms with van der Waals surface area (Å²) in [6.45, 7) is 3.49. The van der Waals surface area contributed by atoms with Gasteiger partial charge in [0.05, 0.1) is 4.99 Å². The van der Waals surface area contributed by atoms with Gasteiger partial charge in [-0.3, -0.25) is 4.79 Å². The Hall–Kier alpha value is -1.76. The van der Waals surface area contributed by atoms with Gasteiger partial charge < -0.3 is 15.5 Å². The maximum absolute atomic E-state index is 11.7. The number of rotatable bonds is 6. The zero-order chi connectivity index (χ0) is 14.4. The molecule has 6 nitrogen and oxygen atoms in total. The second-order valence-electron chi connectivity index (χ2n) is 4.27. The molecule has 0 aliphatic carbocycles. The molecule has 0 saturated heterocycles. The van der Waals surface area contributed by atoms with Crippen LogP contribution >= 0.6 is 12.2 Å². The van der Waals surface area contributed by atoms with E-state index >= 15 is 0 Å². The average Bonchev–Trinajstić information content (AvgIpc) is 2.39. The number of carbonyl (C=O) groups is 1. The van der Waals surface area contributed by atoms with Crippen LogP contribution in [0.5, 0.6) is 0 Å². The first-order chi connectivity index (χ1) is 8.95. The van der Waals surface area contributed by atoms with Crippen LogP contribution in [0.15, 0.2) is 12.1 Å². The maximum Gasteiger partial charge on any atom is 0.273 e. The van der Waals surface area contributed by atoms with E-state index in [9.17, 15) is 4.79 Å². The first-order valence-electron chi connectivity index (χ1n) is 6.04. The molecule has 0 saturated carbocycles. The third kappa shape index (κ3) is 4.44. The summed E-state index contributed by atoms with van der Waals surface area (Å²) >= 11 is 4.86. The fourth-order valence-corrected chi connectivity index (χ4v) is 1.61. The molecule has 0 aliphatic heterocycles. The number of thiocarbonyl (C=S) groups is 1. The lowest BCUT2D eigenvalue weighted by atomic mass is 10.3. The monoisotopic (exact) mass is 281 g/mol. The second kappa shape index (κ2) is 6.98. The standard InChI is InChI=1S/C12H19N5OS/c1-4-17(8-7-10(13)19)11-6-5-9(14-15-11)12(18)16(2)3/h5-6H,4,7-8H2,1-3H3,(H2,13,19). The molecule has 0 atom stereocenters. The van der Waals surface area contributed by atoms with Crippen LogP contribution in [-0.2, 0) is 0 Å². The lowest BCUT2D eigenvalue weighted by Crippen LogP contribution is -2.29. The molecule has 1 amide bonds. The predicted molar refractivity (Wildman–Crippen MR) is 79.3 cm³/mol. The van der Waals surface area contributed by atoms with Crippen molar-refractivity contribution in [2.45, 2.75) is 13.3 Å². The average molecular weight is 281 g/mol. The molecule has 1 heterocycles. The van der Waals surface area contributed by atoms with Gasteiger partial charge in [-0.1, -0.05) is 12.2 Å². The summed E-state index contributed by atoms with van der Waals surface area (Å²) in [4.78, 5) is 15.6. The minimum absolute atomic E-state index is 0.162. The van der Waals surface area contributed by atoms with E-state index in [1.54, 1.807) is 26.2 Å². The van der Waals surface area contributed by atoms with Crippen LogP contribution in [0.2, 0.25) is 0 Å². The van der Waals surface area contributed by atoms with Crippen LogP contribution < -0.4 is 10.6 Å². The summed E-state index contributed by atoms with van der Waals surface area (Å²) < 4.78 is 0. The van der Waals surface area contributed by atoms with Crippen LogP contribution in [-0.4, -0.2) is 53.2 Å². The predicted octanol–water partition coefficient (Wildman–Crippen LogP) is 0.681. The van der Waals surface area contributed by atoms with Crippen molar-refractivity contribution in [3.63, 3.8) is 0 Å². The normalized spacial score (nSPS) is 10.1. The third-order valence-electron chi connectivity index (χ3n) is 2.61. The zero-order valence-corrected chi connectivity index (χ0v) is 12.3. The molecule has 1 aromatic rings. The van der Waals surface area contributed by atoms with Gasteiger partial charge in [0.2, 0.25) is 0 Å². The number of nitrogens with zero attached hydrogens (tertiary/aromatic N) is 4. The number of anilines is 1. The van der Waals surface area contributed by atoms with Crippen molar-refractivity contribution in [2.24, 2.45) is 5.73 Å². The highest BCUT2D eigenvalue weighted by Gasteiger charge is 2.12. The fourth-order valence-electron chi connectivity index (χ4n) is 1.52. The number of hydrogen-bond acceptors (Lipinski definition) is 5. The Labute approximate surface area is 118 Å². The molecule has 0 radical (unpaired) electrons. The highest BCUT2D eigenvalue weighted by atomic mass is 32.1. The molecule has 0 aliphatic rings. The van der Waals surface area contributed by atoms with Gasteiger partial charge in [-0.25, -0.2) is 0 Å². The van der Waals surface area contributed by atoms with Crippen molar-refractivity contribution in [1.82, 2.24) is 15.1 Å². The minimum Gasteiger partial charge on any atom is -0.393 e. The quantitative estimate of drug-likeness (QED) is 0.773. The van der Waals surface area contributed by atoms with Gasteiger partial charge in [-0.15, -0.1) is 10.2 Å². The molecule has 1 rings (SSSR count). The minimum atomic E-state index is -0.162. The van der Waals surface area contributed by atoms with Gasteiger partial charge in [-0.2, -0.15) is 0 Å². The Morgan fingerprint density at radius 3 is 2.47 bits per heavy atom. The Balaban J connectivity index is 2.78. The van der Waals surface area contributed by atoms with Crippen molar-refractivity contribution in [2.75, 3.05) is 32.1 Å². The number of amides is 1. The SMILES string of the molecule is CCN(CCC(N)=S)c1ccc(C(=O)N(C)C)nn1. The first kappa shape index (κ1) is 15.3. The maximum atomic E-state index is 11.7. The van der Waals surface area contributed by atoms with E-state index in [1.807, 2.05) is 11.8 Å². The van der Waals surface area contributed by atoms with Crippen LogP contribution in [0, 0.1) is 0 Å². The molecule has 104 valence electrons. The van der Waals surface area contributed by atoms with E-state index in [0.29, 0.717) is 29.5 Å². The third-order valence-corrected chi connectivity index (χ3v) is 2.81.